The minimum Gasteiger partial charge on any atom is -0.492 e. The summed E-state index contributed by atoms with van der Waals surface area (Å²) in [5.74, 6) is 1.37. The highest BCUT2D eigenvalue weighted by molar-refractivity contribution is 5.97. The number of nitrogens with one attached hydrogen (secondary N) is 2. The van der Waals surface area contributed by atoms with Gasteiger partial charge in [-0.1, -0.05) is 12.1 Å². The molecule has 1 aromatic carbocycles. The van der Waals surface area contributed by atoms with Gasteiger partial charge in [-0.05, 0) is 50.3 Å². The molecule has 2 N–H and O–H groups in total. The van der Waals surface area contributed by atoms with Crippen LogP contribution in [0.3, 0.4) is 0 Å². The molecular formula is C16H23ClN2O2. The van der Waals surface area contributed by atoms with Crippen molar-refractivity contribution in [3.8, 4) is 5.75 Å². The van der Waals surface area contributed by atoms with Crippen molar-refractivity contribution in [2.75, 3.05) is 19.7 Å². The monoisotopic (exact) mass is 310 g/mol. The lowest BCUT2D eigenvalue weighted by Gasteiger charge is -2.24. The average molecular weight is 311 g/mol. The number of amides is 1. The number of halogens is 1. The van der Waals surface area contributed by atoms with E-state index in [1.165, 1.54) is 12.8 Å². The van der Waals surface area contributed by atoms with Gasteiger partial charge in [-0.3, -0.25) is 4.79 Å². The SMILES string of the molecule is Cl.O=C(NC1CCCNC1)c1ccccc1OCC1CC1. The summed E-state index contributed by atoms with van der Waals surface area (Å²) in [4.78, 5) is 12.4. The van der Waals surface area contributed by atoms with Crippen molar-refractivity contribution >= 4 is 18.3 Å². The highest BCUT2D eigenvalue weighted by Gasteiger charge is 2.23. The van der Waals surface area contributed by atoms with E-state index in [0.29, 0.717) is 17.2 Å². The van der Waals surface area contributed by atoms with Crippen molar-refractivity contribution < 1.29 is 9.53 Å². The molecule has 1 aliphatic carbocycles. The molecule has 0 spiro atoms. The zero-order chi connectivity index (χ0) is 13.8. The number of piperidine rings is 1. The fourth-order valence-corrected chi connectivity index (χ4v) is 2.51. The van der Waals surface area contributed by atoms with E-state index in [9.17, 15) is 4.79 Å². The molecule has 1 saturated carbocycles. The summed E-state index contributed by atoms with van der Waals surface area (Å²) in [6, 6.07) is 7.76. The molecule has 0 radical (unpaired) electrons. The molecule has 1 unspecified atom stereocenters. The second-order valence-electron chi connectivity index (χ2n) is 5.77. The van der Waals surface area contributed by atoms with Crippen LogP contribution in [0.4, 0.5) is 0 Å². The first-order valence-corrected chi connectivity index (χ1v) is 7.56. The molecule has 3 rings (SSSR count). The Morgan fingerprint density at radius 3 is 2.81 bits per heavy atom. The number of benzene rings is 1. The van der Waals surface area contributed by atoms with Crippen LogP contribution in [0.1, 0.15) is 36.0 Å². The largest absolute Gasteiger partial charge is 0.492 e. The molecular weight excluding hydrogens is 288 g/mol. The summed E-state index contributed by atoms with van der Waals surface area (Å²) >= 11 is 0. The third-order valence-electron chi connectivity index (χ3n) is 3.94. The first-order valence-electron chi connectivity index (χ1n) is 7.56. The van der Waals surface area contributed by atoms with Crippen molar-refractivity contribution in [2.45, 2.75) is 31.7 Å². The molecule has 1 saturated heterocycles. The molecule has 0 aromatic heterocycles. The smallest absolute Gasteiger partial charge is 0.255 e. The quantitative estimate of drug-likeness (QED) is 0.878. The van der Waals surface area contributed by atoms with Gasteiger partial charge < -0.3 is 15.4 Å². The standard InChI is InChI=1S/C16H22N2O2.ClH/c19-16(18-13-4-3-9-17-10-13)14-5-1-2-6-15(14)20-11-12-7-8-12;/h1-2,5-6,12-13,17H,3-4,7-11H2,(H,18,19);1H. The first kappa shape index (κ1) is 16.1. The predicted molar refractivity (Wildman–Crippen MR) is 85.3 cm³/mol. The van der Waals surface area contributed by atoms with Crippen LogP contribution in [-0.2, 0) is 0 Å². The Balaban J connectivity index is 0.00000161. The summed E-state index contributed by atoms with van der Waals surface area (Å²) < 4.78 is 5.79. The normalized spacial score (nSPS) is 21.2. The molecule has 21 heavy (non-hydrogen) atoms. The second-order valence-corrected chi connectivity index (χ2v) is 5.77. The maximum absolute atomic E-state index is 12.4. The number of ether oxygens (including phenoxy) is 1. The zero-order valence-corrected chi connectivity index (χ0v) is 13.0. The van der Waals surface area contributed by atoms with Gasteiger partial charge in [-0.25, -0.2) is 0 Å². The molecule has 116 valence electrons. The van der Waals surface area contributed by atoms with E-state index in [1.807, 2.05) is 24.3 Å². The molecule has 4 nitrogen and oxygen atoms in total. The van der Waals surface area contributed by atoms with Crippen molar-refractivity contribution in [3.05, 3.63) is 29.8 Å². The third-order valence-corrected chi connectivity index (χ3v) is 3.94. The number of hydrogen-bond acceptors (Lipinski definition) is 3. The van der Waals surface area contributed by atoms with Crippen molar-refractivity contribution in [2.24, 2.45) is 5.92 Å². The van der Waals surface area contributed by atoms with Crippen LogP contribution in [0.2, 0.25) is 0 Å². The molecule has 1 heterocycles. The second kappa shape index (κ2) is 7.66. The summed E-state index contributed by atoms with van der Waals surface area (Å²) in [7, 11) is 0. The van der Waals surface area contributed by atoms with Crippen LogP contribution in [-0.4, -0.2) is 31.6 Å². The summed E-state index contributed by atoms with van der Waals surface area (Å²) in [6.45, 7) is 2.64. The molecule has 0 bridgehead atoms. The first-order chi connectivity index (χ1) is 9.83. The highest BCUT2D eigenvalue weighted by atomic mass is 35.5. The number of para-hydroxylation sites is 1. The van der Waals surface area contributed by atoms with Crippen LogP contribution in [0.15, 0.2) is 24.3 Å². The van der Waals surface area contributed by atoms with Gasteiger partial charge in [-0.2, -0.15) is 0 Å². The van der Waals surface area contributed by atoms with Gasteiger partial charge in [0.15, 0.2) is 0 Å². The van der Waals surface area contributed by atoms with Crippen molar-refractivity contribution in [3.63, 3.8) is 0 Å². The minimum absolute atomic E-state index is 0. The fourth-order valence-electron chi connectivity index (χ4n) is 2.51. The van der Waals surface area contributed by atoms with Crippen LogP contribution < -0.4 is 15.4 Å². The molecule has 1 aliphatic heterocycles. The molecule has 2 aliphatic rings. The Kier molecular flexibility index (Phi) is 5.88. The predicted octanol–water partition coefficient (Wildman–Crippen LogP) is 2.38. The topological polar surface area (TPSA) is 50.4 Å². The lowest BCUT2D eigenvalue weighted by molar-refractivity contribution is 0.0926. The van der Waals surface area contributed by atoms with E-state index >= 15 is 0 Å². The lowest BCUT2D eigenvalue weighted by atomic mass is 10.1. The number of rotatable bonds is 5. The van der Waals surface area contributed by atoms with E-state index in [-0.39, 0.29) is 24.4 Å². The van der Waals surface area contributed by atoms with E-state index in [2.05, 4.69) is 10.6 Å². The van der Waals surface area contributed by atoms with E-state index in [1.54, 1.807) is 0 Å². The van der Waals surface area contributed by atoms with Crippen LogP contribution in [0.5, 0.6) is 5.75 Å². The van der Waals surface area contributed by atoms with Gasteiger partial charge in [0.05, 0.1) is 12.2 Å². The van der Waals surface area contributed by atoms with Crippen LogP contribution >= 0.6 is 12.4 Å². The van der Waals surface area contributed by atoms with E-state index < -0.39 is 0 Å². The van der Waals surface area contributed by atoms with Crippen molar-refractivity contribution in [1.29, 1.82) is 0 Å². The van der Waals surface area contributed by atoms with Gasteiger partial charge >= 0.3 is 0 Å². The fraction of sp³-hybridized carbons (Fsp3) is 0.562. The number of hydrogen-bond donors (Lipinski definition) is 2. The summed E-state index contributed by atoms with van der Waals surface area (Å²) in [6.07, 6.45) is 4.67. The lowest BCUT2D eigenvalue weighted by Crippen LogP contribution is -2.45. The third kappa shape index (κ3) is 4.61. The van der Waals surface area contributed by atoms with Gasteiger partial charge in [0.2, 0.25) is 0 Å². The Hall–Kier alpha value is -1.26. The zero-order valence-electron chi connectivity index (χ0n) is 12.1. The van der Waals surface area contributed by atoms with Gasteiger partial charge in [0.25, 0.3) is 5.91 Å². The summed E-state index contributed by atoms with van der Waals surface area (Å²) in [5.41, 5.74) is 0.652. The summed E-state index contributed by atoms with van der Waals surface area (Å²) in [5, 5.41) is 6.41. The Bertz CT molecular complexity index is 471. The Morgan fingerprint density at radius 2 is 2.10 bits per heavy atom. The number of carbonyl (C=O) groups is 1. The number of carbonyl (C=O) groups excluding carboxylic acids is 1. The Labute approximate surface area is 132 Å². The maximum atomic E-state index is 12.4. The Morgan fingerprint density at radius 1 is 1.29 bits per heavy atom. The molecule has 1 atom stereocenters. The minimum atomic E-state index is -0.0231. The highest BCUT2D eigenvalue weighted by Crippen LogP contribution is 2.30. The van der Waals surface area contributed by atoms with Crippen molar-refractivity contribution in [1.82, 2.24) is 10.6 Å². The molecule has 5 heteroatoms. The average Bonchev–Trinajstić information content (AvgIpc) is 3.31. The molecule has 1 aromatic rings. The van der Waals surface area contributed by atoms with Crippen LogP contribution in [0.25, 0.3) is 0 Å². The van der Waals surface area contributed by atoms with Gasteiger partial charge in [0.1, 0.15) is 5.75 Å². The van der Waals surface area contributed by atoms with Gasteiger partial charge in [-0.15, -0.1) is 12.4 Å². The van der Waals surface area contributed by atoms with E-state index in [4.69, 9.17) is 4.74 Å². The molecule has 2 fully saturated rings. The van der Waals surface area contributed by atoms with Crippen LogP contribution in [0, 0.1) is 5.92 Å². The maximum Gasteiger partial charge on any atom is 0.255 e. The van der Waals surface area contributed by atoms with Gasteiger partial charge in [0, 0.05) is 12.6 Å². The van der Waals surface area contributed by atoms with E-state index in [0.717, 1.165) is 32.5 Å². The molecule has 1 amide bonds.